The van der Waals surface area contributed by atoms with Gasteiger partial charge in [-0.3, -0.25) is 33.7 Å². The van der Waals surface area contributed by atoms with Crippen molar-refractivity contribution in [3.63, 3.8) is 0 Å². The Hall–Kier alpha value is -8.67. The summed E-state index contributed by atoms with van der Waals surface area (Å²) in [6.07, 6.45) is 1.27. The van der Waals surface area contributed by atoms with Crippen LogP contribution in [0.5, 0.6) is 0 Å². The lowest BCUT2D eigenvalue weighted by atomic mass is 9.77. The van der Waals surface area contributed by atoms with E-state index in [1.54, 1.807) is 56.9 Å². The molecule has 7 rings (SSSR count). The van der Waals surface area contributed by atoms with Crippen molar-refractivity contribution in [1.82, 2.24) is 66.3 Å². The van der Waals surface area contributed by atoms with Gasteiger partial charge in [-0.15, -0.1) is 22.7 Å². The first-order valence-electron chi connectivity index (χ1n) is 32.2. The zero-order valence-corrected chi connectivity index (χ0v) is 63.0. The number of amides is 8. The highest BCUT2D eigenvalue weighted by Crippen LogP contribution is 2.41. The first-order chi connectivity index (χ1) is 47.2. The Kier molecular flexibility index (Phi) is 29.2. The second kappa shape index (κ2) is 36.3. The first-order valence-corrected chi connectivity index (χ1v) is 36.2. The number of nitrogens with zero attached hydrogens (tertiary/aromatic N) is 7. The molecule has 4 heterocycles. The lowest BCUT2D eigenvalue weighted by molar-refractivity contribution is -0.136. The molecule has 7 aromatic rings. The van der Waals surface area contributed by atoms with Crippen molar-refractivity contribution >= 4 is 87.0 Å². The van der Waals surface area contributed by atoms with Crippen molar-refractivity contribution < 1.29 is 87.1 Å². The molecule has 8 amide bonds. The van der Waals surface area contributed by atoms with Crippen LogP contribution < -0.4 is 67.3 Å². The number of rotatable bonds is 31. The van der Waals surface area contributed by atoms with Crippen LogP contribution in [-0.4, -0.2) is 183 Å². The highest BCUT2D eigenvalue weighted by atomic mass is 127. The molecule has 0 aliphatic heterocycles. The molecule has 0 radical (unpaired) electrons. The maximum atomic E-state index is 15.0. The molecular weight excluding hydrogens is 1470 g/mol. The van der Waals surface area contributed by atoms with Gasteiger partial charge < -0.3 is 96.7 Å². The Morgan fingerprint density at radius 1 is 0.693 bits per heavy atom. The number of nitrogens with one attached hydrogen (secondary N) is 6. The molecule has 101 heavy (non-hydrogen) atoms. The van der Waals surface area contributed by atoms with Crippen LogP contribution in [0.25, 0.3) is 10.7 Å². The van der Waals surface area contributed by atoms with E-state index in [0.717, 1.165) is 33.8 Å². The number of primary amides is 1. The average Bonchev–Trinajstić information content (AvgIpc) is 1.72. The van der Waals surface area contributed by atoms with Crippen LogP contribution in [-0.2, 0) is 58.1 Å². The molecule has 0 fully saturated rings. The van der Waals surface area contributed by atoms with E-state index >= 15 is 4.79 Å². The maximum Gasteiger partial charge on any atom is 0.410 e. The Labute approximate surface area is 614 Å². The second-order valence-corrected chi connectivity index (χ2v) is 30.4. The Morgan fingerprint density at radius 3 is 1.84 bits per heavy atom. The number of imidazole rings is 1. The highest BCUT2D eigenvalue weighted by molar-refractivity contribution is 7.95. The minimum atomic E-state index is -2.00. The van der Waals surface area contributed by atoms with E-state index in [0.29, 0.717) is 27.9 Å². The van der Waals surface area contributed by atoms with Gasteiger partial charge in [-0.2, -0.15) is 0 Å². The van der Waals surface area contributed by atoms with Crippen LogP contribution >= 0.6 is 22.7 Å². The lowest BCUT2D eigenvalue weighted by Gasteiger charge is -2.37. The average molecular weight is 1560 g/mol. The predicted octanol–water partition coefficient (Wildman–Crippen LogP) is 1.66. The van der Waals surface area contributed by atoms with Crippen LogP contribution in [0.15, 0.2) is 114 Å². The van der Waals surface area contributed by atoms with Gasteiger partial charge in [0.1, 0.15) is 74.6 Å². The number of hydrogen-bond acceptors (Lipinski definition) is 21. The van der Waals surface area contributed by atoms with E-state index in [1.807, 2.05) is 91.0 Å². The van der Waals surface area contributed by atoms with Gasteiger partial charge >= 0.3 is 12.2 Å². The van der Waals surface area contributed by atoms with Crippen LogP contribution in [0.4, 0.5) is 15.4 Å². The van der Waals surface area contributed by atoms with Gasteiger partial charge in [0.2, 0.25) is 23.6 Å². The second-order valence-electron chi connectivity index (χ2n) is 26.2. The SMILES string of the molecule is Cc1c(N)nc(CN(C[C@H](NC(=O)OC(C)(C)C)C(N)=O)C(=O)OC(C)(C)C)nc1C(=O)N[C@H](C(=O)N[C@H](C)[C@@H](O)[C@H](C)C(=O)N[C@H](C(=O)NCCc1nc(-c2nc(C(=O)NCCC[S+](C)C)cs2)cs1)[C@@H](C)O)[C@@H](O)c1cn(C(c2ccccc2)(c2ccccc2)c2ccccc2)cn1.[I-]. The molecule has 0 saturated carbocycles. The monoisotopic (exact) mass is 1560 g/mol. The molecule has 3 aromatic carbocycles. The van der Waals surface area contributed by atoms with Gasteiger partial charge in [-0.1, -0.05) is 97.9 Å². The maximum absolute atomic E-state index is 15.0. The summed E-state index contributed by atoms with van der Waals surface area (Å²) in [5.41, 5.74) is 11.6. The van der Waals surface area contributed by atoms with Crippen molar-refractivity contribution in [2.24, 2.45) is 11.7 Å². The summed E-state index contributed by atoms with van der Waals surface area (Å²) in [5.74, 6) is -6.07. The summed E-state index contributed by atoms with van der Waals surface area (Å²) in [6, 6.07) is 22.2. The summed E-state index contributed by atoms with van der Waals surface area (Å²) in [5, 5.41) is 55.7. The van der Waals surface area contributed by atoms with Crippen molar-refractivity contribution in [2.45, 2.75) is 148 Å². The lowest BCUT2D eigenvalue weighted by Crippen LogP contribution is -3.00. The van der Waals surface area contributed by atoms with E-state index in [-0.39, 0.29) is 76.6 Å². The van der Waals surface area contributed by atoms with Crippen LogP contribution in [0.3, 0.4) is 0 Å². The number of thiazole rings is 2. The molecule has 0 aliphatic rings. The fourth-order valence-electron chi connectivity index (χ4n) is 10.5. The standard InChI is InChI=1S/C69H89N15O13S3.HI/c1-39-52(79-50(80-57(39)70)35-83(66(95)97-68(8,9)10)33-47(58(71)88)78-65(94)96-67(5,6)7)62(92)82-54(56(87)46-34-84(38-74-46)69(43-23-16-13-17-24-43,44-25-18-14-19-26-44)45-27-20-15-21-28-45)63(93)75-41(3)55(86)40(2)59(89)81-53(42(4)85)61(91)73-31-29-51-76-49(37-98-51)64-77-48(36-99-64)60(90)72-30-22-32-100(11)12;/h13-21,23-28,34,36-38,40-42,47,53-56,85-87H,22,29-33,35H2,1-12H3,(H9-,70,71,72,73,75,78,79,80,81,82,88,89,90,91,92,93,94);1H/t40-,41+,42+,47-,53-,54-,55-,56-;/m0./s1. The van der Waals surface area contributed by atoms with Gasteiger partial charge in [0, 0.05) is 48.5 Å². The number of anilines is 1. The quantitative estimate of drug-likeness (QED) is 0.0127. The summed E-state index contributed by atoms with van der Waals surface area (Å²) in [6.45, 7) is 14.4. The van der Waals surface area contributed by atoms with Crippen molar-refractivity contribution in [2.75, 3.05) is 43.6 Å². The van der Waals surface area contributed by atoms with Crippen LogP contribution in [0.1, 0.15) is 135 Å². The topological polar surface area (TPSA) is 413 Å². The predicted molar refractivity (Wildman–Crippen MR) is 381 cm³/mol. The number of nitrogens with two attached hydrogens (primary N) is 2. The third-order valence-corrected chi connectivity index (χ3v) is 18.5. The van der Waals surface area contributed by atoms with Gasteiger partial charge in [-0.05, 0) is 89.9 Å². The molecule has 8 atom stereocenters. The number of nitrogen functional groups attached to an aromatic ring is 1. The molecule has 0 spiro atoms. The molecule has 0 aliphatic carbocycles. The number of hydrogen-bond donors (Lipinski definition) is 11. The van der Waals surface area contributed by atoms with E-state index < -0.39 is 126 Å². The third kappa shape index (κ3) is 22.2. The number of aromatic nitrogens is 6. The van der Waals surface area contributed by atoms with Gasteiger partial charge in [-0.25, -0.2) is 34.5 Å². The van der Waals surface area contributed by atoms with Crippen molar-refractivity contribution in [1.29, 1.82) is 0 Å². The molecule has 544 valence electrons. The van der Waals surface area contributed by atoms with E-state index in [2.05, 4.69) is 69.3 Å². The van der Waals surface area contributed by atoms with Crippen LogP contribution in [0.2, 0.25) is 0 Å². The number of benzene rings is 3. The smallest absolute Gasteiger partial charge is 0.410 e. The fraction of sp³-hybridized carbons (Fsp3) is 0.435. The molecule has 0 saturated heterocycles. The van der Waals surface area contributed by atoms with E-state index in [9.17, 15) is 48.9 Å². The Morgan fingerprint density at radius 2 is 1.29 bits per heavy atom. The zero-order valence-electron chi connectivity index (χ0n) is 58.4. The summed E-state index contributed by atoms with van der Waals surface area (Å²) >= 11 is 2.61. The third-order valence-electron chi connectivity index (χ3n) is 15.6. The Balaban J connectivity index is 0.0000161. The molecule has 4 aromatic heterocycles. The minimum absolute atomic E-state index is 0. The summed E-state index contributed by atoms with van der Waals surface area (Å²) in [4.78, 5) is 133. The fourth-order valence-corrected chi connectivity index (χ4v) is 12.9. The number of carbonyl (C=O) groups is 8. The Bertz CT molecular complexity index is 3870. The molecular formula is C69H90IN15O13S3. The number of alkyl carbamates (subject to hydrolysis) is 1. The van der Waals surface area contributed by atoms with E-state index in [1.165, 1.54) is 62.9 Å². The number of ether oxygens (including phenoxy) is 2. The number of halogens is 1. The van der Waals surface area contributed by atoms with Crippen molar-refractivity contribution in [3.8, 4) is 10.7 Å². The van der Waals surface area contributed by atoms with Gasteiger partial charge in [0.15, 0.2) is 5.82 Å². The molecule has 0 bridgehead atoms. The largest absolute Gasteiger partial charge is 1.00 e. The first kappa shape index (κ1) is 81.3. The highest BCUT2D eigenvalue weighted by Gasteiger charge is 2.42. The number of aliphatic hydroxyl groups excluding tert-OH is 3. The number of aliphatic hydroxyl groups is 3. The molecule has 13 N–H and O–H groups in total. The zero-order chi connectivity index (χ0) is 73.4. The van der Waals surface area contributed by atoms with Gasteiger partial charge in [0.05, 0.1) is 66.8 Å². The minimum Gasteiger partial charge on any atom is -1.00 e. The van der Waals surface area contributed by atoms with Crippen molar-refractivity contribution in [3.05, 3.63) is 164 Å². The summed E-state index contributed by atoms with van der Waals surface area (Å²) in [7, 11) is 0.276. The molecule has 0 unspecified atom stereocenters. The molecule has 32 heteroatoms. The van der Waals surface area contributed by atoms with Gasteiger partial charge in [0.25, 0.3) is 11.8 Å². The molecule has 28 nitrogen and oxygen atoms in total. The number of carbonyl (C=O) groups excluding carboxylic acids is 8. The normalized spacial score (nSPS) is 14.1. The van der Waals surface area contributed by atoms with Crippen LogP contribution in [0, 0.1) is 12.8 Å². The van der Waals surface area contributed by atoms with E-state index in [4.69, 9.17) is 20.9 Å². The summed E-state index contributed by atoms with van der Waals surface area (Å²) < 4.78 is 12.8.